The Hall–Kier alpha value is -0.250. The third-order valence-corrected chi connectivity index (χ3v) is 4.62. The number of carbonyl (C=O) groups is 1. The minimum absolute atomic E-state index is 0.162. The van der Waals surface area contributed by atoms with Gasteiger partial charge in [0.05, 0.1) is 16.7 Å². The molecule has 2 rings (SSSR count). The minimum atomic E-state index is 0.162. The average molecular weight is 352 g/mol. The van der Waals surface area contributed by atoms with Gasteiger partial charge in [-0.15, -0.1) is 0 Å². The number of halogens is 3. The maximum atomic E-state index is 11.5. The van der Waals surface area contributed by atoms with Crippen molar-refractivity contribution in [2.24, 2.45) is 5.92 Å². The summed E-state index contributed by atoms with van der Waals surface area (Å²) < 4.78 is 6.34. The highest BCUT2D eigenvalue weighted by atomic mass is 79.9. The summed E-state index contributed by atoms with van der Waals surface area (Å²) >= 11 is 15.3. The van der Waals surface area contributed by atoms with Gasteiger partial charge in [0, 0.05) is 22.9 Å². The van der Waals surface area contributed by atoms with E-state index in [9.17, 15) is 4.79 Å². The maximum absolute atomic E-state index is 11.5. The molecule has 1 aromatic rings. The number of ether oxygens (including phenoxy) is 1. The normalized spacial score (nSPS) is 19.3. The predicted octanol–water partition coefficient (Wildman–Crippen LogP) is 4.89. The zero-order valence-corrected chi connectivity index (χ0v) is 12.8. The zero-order valence-electron chi connectivity index (χ0n) is 9.72. The molecule has 1 unspecified atom stereocenters. The second-order valence-corrected chi connectivity index (χ2v) is 6.06. The van der Waals surface area contributed by atoms with Crippen LogP contribution in [0.25, 0.3) is 0 Å². The van der Waals surface area contributed by atoms with Gasteiger partial charge in [0.2, 0.25) is 0 Å². The van der Waals surface area contributed by atoms with E-state index in [0.29, 0.717) is 28.2 Å². The number of Topliss-reactive ketones (excluding diaryl/α,β-unsaturated/α-hetero) is 1. The Morgan fingerprint density at radius 1 is 1.33 bits per heavy atom. The lowest BCUT2D eigenvalue weighted by Crippen LogP contribution is -2.11. The lowest BCUT2D eigenvalue weighted by Gasteiger charge is -2.11. The first-order valence-electron chi connectivity index (χ1n) is 5.88. The molecular formula is C13H13BrCl2O2. The third kappa shape index (κ3) is 3.40. The summed E-state index contributed by atoms with van der Waals surface area (Å²) in [4.78, 5) is 11.5. The van der Waals surface area contributed by atoms with Crippen molar-refractivity contribution in [3.63, 3.8) is 0 Å². The van der Waals surface area contributed by atoms with Crippen LogP contribution in [0.4, 0.5) is 0 Å². The summed E-state index contributed by atoms with van der Waals surface area (Å²) in [7, 11) is 0. The SMILES string of the molecule is O=C1CCCC1CCOc1cc(Cl)c(Br)cc1Cl. The van der Waals surface area contributed by atoms with Crippen LogP contribution in [0.15, 0.2) is 16.6 Å². The summed E-state index contributed by atoms with van der Waals surface area (Å²) in [5, 5.41) is 1.08. The van der Waals surface area contributed by atoms with Crippen molar-refractivity contribution >= 4 is 44.9 Å². The molecule has 1 saturated carbocycles. The van der Waals surface area contributed by atoms with Gasteiger partial charge in [-0.3, -0.25) is 4.79 Å². The van der Waals surface area contributed by atoms with Crippen LogP contribution in [0.2, 0.25) is 10.0 Å². The van der Waals surface area contributed by atoms with Gasteiger partial charge in [-0.2, -0.15) is 0 Å². The molecular weight excluding hydrogens is 339 g/mol. The summed E-state index contributed by atoms with van der Waals surface area (Å²) in [5.74, 6) is 1.09. The largest absolute Gasteiger partial charge is 0.492 e. The quantitative estimate of drug-likeness (QED) is 0.721. The number of benzene rings is 1. The molecule has 5 heteroatoms. The second-order valence-electron chi connectivity index (χ2n) is 4.39. The molecule has 0 aromatic heterocycles. The lowest BCUT2D eigenvalue weighted by molar-refractivity contribution is -0.121. The second kappa shape index (κ2) is 6.27. The highest BCUT2D eigenvalue weighted by Crippen LogP contribution is 2.34. The molecule has 0 N–H and O–H groups in total. The van der Waals surface area contributed by atoms with E-state index >= 15 is 0 Å². The van der Waals surface area contributed by atoms with Crippen LogP contribution >= 0.6 is 39.1 Å². The van der Waals surface area contributed by atoms with Crippen molar-refractivity contribution in [2.45, 2.75) is 25.7 Å². The van der Waals surface area contributed by atoms with E-state index in [-0.39, 0.29) is 5.92 Å². The highest BCUT2D eigenvalue weighted by molar-refractivity contribution is 9.10. The van der Waals surface area contributed by atoms with Crippen molar-refractivity contribution in [1.82, 2.24) is 0 Å². The first-order chi connectivity index (χ1) is 8.58. The van der Waals surface area contributed by atoms with Crippen LogP contribution < -0.4 is 4.74 Å². The van der Waals surface area contributed by atoms with Gasteiger partial charge in [0.1, 0.15) is 11.5 Å². The Bertz CT molecular complexity index is 463. The molecule has 1 aliphatic rings. The molecule has 0 aliphatic heterocycles. The first kappa shape index (κ1) is 14.2. The molecule has 1 aromatic carbocycles. The number of ketones is 1. The van der Waals surface area contributed by atoms with Gasteiger partial charge in [0.15, 0.2) is 0 Å². The summed E-state index contributed by atoms with van der Waals surface area (Å²) in [6, 6.07) is 3.39. The van der Waals surface area contributed by atoms with Gasteiger partial charge >= 0.3 is 0 Å². The highest BCUT2D eigenvalue weighted by Gasteiger charge is 2.24. The van der Waals surface area contributed by atoms with Gasteiger partial charge in [0.25, 0.3) is 0 Å². The molecule has 0 bridgehead atoms. The Kier molecular flexibility index (Phi) is 4.93. The Morgan fingerprint density at radius 3 is 2.78 bits per heavy atom. The fourth-order valence-electron chi connectivity index (χ4n) is 2.12. The van der Waals surface area contributed by atoms with Crippen molar-refractivity contribution < 1.29 is 9.53 Å². The molecule has 0 amide bonds. The average Bonchev–Trinajstić information content (AvgIpc) is 2.72. The molecule has 2 nitrogen and oxygen atoms in total. The topological polar surface area (TPSA) is 26.3 Å². The molecule has 0 saturated heterocycles. The summed E-state index contributed by atoms with van der Waals surface area (Å²) in [6.07, 6.45) is 3.46. The van der Waals surface area contributed by atoms with Crippen LogP contribution in [-0.4, -0.2) is 12.4 Å². The van der Waals surface area contributed by atoms with Gasteiger partial charge in [-0.05, 0) is 41.3 Å². The molecule has 1 atom stereocenters. The summed E-state index contributed by atoms with van der Waals surface area (Å²) in [6.45, 7) is 0.494. The van der Waals surface area contributed by atoms with E-state index in [1.165, 1.54) is 0 Å². The lowest BCUT2D eigenvalue weighted by atomic mass is 10.0. The Morgan fingerprint density at radius 2 is 2.11 bits per heavy atom. The van der Waals surface area contributed by atoms with Crippen molar-refractivity contribution in [3.8, 4) is 5.75 Å². The van der Waals surface area contributed by atoms with Crippen LogP contribution in [0.3, 0.4) is 0 Å². The number of hydrogen-bond donors (Lipinski definition) is 0. The van der Waals surface area contributed by atoms with Gasteiger partial charge < -0.3 is 4.74 Å². The molecule has 0 radical (unpaired) electrons. The molecule has 0 spiro atoms. The minimum Gasteiger partial charge on any atom is -0.492 e. The molecule has 0 heterocycles. The molecule has 18 heavy (non-hydrogen) atoms. The van der Waals surface area contributed by atoms with E-state index in [0.717, 1.165) is 30.2 Å². The van der Waals surface area contributed by atoms with Crippen molar-refractivity contribution in [3.05, 3.63) is 26.7 Å². The Labute approximate surface area is 125 Å². The van der Waals surface area contributed by atoms with Gasteiger partial charge in [-0.25, -0.2) is 0 Å². The van der Waals surface area contributed by atoms with E-state index in [1.54, 1.807) is 12.1 Å². The number of carbonyl (C=O) groups excluding carboxylic acids is 1. The van der Waals surface area contributed by atoms with Crippen molar-refractivity contribution in [1.29, 1.82) is 0 Å². The third-order valence-electron chi connectivity index (χ3n) is 3.13. The fourth-order valence-corrected chi connectivity index (χ4v) is 2.97. The van der Waals surface area contributed by atoms with E-state index < -0.39 is 0 Å². The molecule has 1 fully saturated rings. The standard InChI is InChI=1S/C13H13BrCl2O2/c14-9-6-11(16)13(7-10(9)15)18-5-4-8-2-1-3-12(8)17/h6-8H,1-5H2. The van der Waals surface area contributed by atoms with E-state index in [1.807, 2.05) is 0 Å². The van der Waals surface area contributed by atoms with Crippen molar-refractivity contribution in [2.75, 3.05) is 6.61 Å². The van der Waals surface area contributed by atoms with Crippen LogP contribution in [0, 0.1) is 5.92 Å². The van der Waals surface area contributed by atoms with Crippen LogP contribution in [-0.2, 0) is 4.79 Å². The predicted molar refractivity (Wildman–Crippen MR) is 76.6 cm³/mol. The fraction of sp³-hybridized carbons (Fsp3) is 0.462. The maximum Gasteiger partial charge on any atom is 0.139 e. The van der Waals surface area contributed by atoms with E-state index in [2.05, 4.69) is 15.9 Å². The Balaban J connectivity index is 1.90. The monoisotopic (exact) mass is 350 g/mol. The number of hydrogen-bond acceptors (Lipinski definition) is 2. The van der Waals surface area contributed by atoms with Gasteiger partial charge in [-0.1, -0.05) is 23.2 Å². The van der Waals surface area contributed by atoms with E-state index in [4.69, 9.17) is 27.9 Å². The molecule has 1 aliphatic carbocycles. The van der Waals surface area contributed by atoms with Crippen LogP contribution in [0.1, 0.15) is 25.7 Å². The van der Waals surface area contributed by atoms with Crippen LogP contribution in [0.5, 0.6) is 5.75 Å². The smallest absolute Gasteiger partial charge is 0.139 e. The zero-order chi connectivity index (χ0) is 13.1. The number of rotatable bonds is 4. The molecule has 98 valence electrons. The first-order valence-corrected chi connectivity index (χ1v) is 7.43. The summed E-state index contributed by atoms with van der Waals surface area (Å²) in [5.41, 5.74) is 0.